The number of likely N-dealkylation sites (N-methyl/N-ethyl adjacent to an activating group) is 1. The molecule has 0 saturated heterocycles. The predicted octanol–water partition coefficient (Wildman–Crippen LogP) is -2.26. The second-order valence-corrected chi connectivity index (χ2v) is 7.59. The van der Waals surface area contributed by atoms with E-state index in [0.717, 1.165) is 0 Å². The molecule has 0 unspecified atom stereocenters. The molecule has 0 atom stereocenters. The molecule has 15 nitrogen and oxygen atoms in total. The summed E-state index contributed by atoms with van der Waals surface area (Å²) in [5.74, 6) is -0.617. The van der Waals surface area contributed by atoms with Crippen LogP contribution in [-0.2, 0) is 57.0 Å². The summed E-state index contributed by atoms with van der Waals surface area (Å²) in [6, 6.07) is 0. The Labute approximate surface area is 230 Å². The minimum Gasteiger partial charge on any atom is -0.382 e. The van der Waals surface area contributed by atoms with E-state index in [-0.39, 0.29) is 44.1 Å². The Bertz CT molecular complexity index is 587. The highest BCUT2D eigenvalue weighted by molar-refractivity contribution is 5.77. The summed E-state index contributed by atoms with van der Waals surface area (Å²) in [5.41, 5.74) is 0. The third kappa shape index (κ3) is 30.4. The van der Waals surface area contributed by atoms with Crippen LogP contribution in [0, 0.1) is 0 Å². The Balaban J connectivity index is 3.23. The maximum absolute atomic E-state index is 11.7. The zero-order valence-electron chi connectivity index (χ0n) is 23.3. The van der Waals surface area contributed by atoms with Gasteiger partial charge < -0.3 is 58.6 Å². The molecule has 0 aliphatic heterocycles. The van der Waals surface area contributed by atoms with Crippen molar-refractivity contribution in [3.8, 4) is 0 Å². The Kier molecular flexibility index (Phi) is 29.1. The quantitative estimate of drug-likeness (QED) is 0.0795. The highest BCUT2D eigenvalue weighted by atomic mass is 16.6. The molecule has 0 saturated carbocycles. The van der Waals surface area contributed by atoms with Crippen LogP contribution >= 0.6 is 0 Å². The van der Waals surface area contributed by atoms with Gasteiger partial charge in [0.15, 0.2) is 0 Å². The number of rotatable bonds is 30. The second-order valence-electron chi connectivity index (χ2n) is 7.59. The minimum absolute atomic E-state index is 0.00652. The van der Waals surface area contributed by atoms with Gasteiger partial charge in [0.1, 0.15) is 19.8 Å². The molecule has 0 fully saturated rings. The predicted molar refractivity (Wildman–Crippen MR) is 139 cm³/mol. The number of hydrogen-bond donors (Lipinski definition) is 3. The molecule has 0 heterocycles. The maximum Gasteiger partial charge on any atom is 0.246 e. The average molecular weight is 570 g/mol. The molecule has 0 radical (unpaired) electrons. The molecule has 0 spiro atoms. The minimum atomic E-state index is -0.235. The molecule has 0 aromatic heterocycles. The summed E-state index contributed by atoms with van der Waals surface area (Å²) in [7, 11) is 3.12. The number of amides is 3. The van der Waals surface area contributed by atoms with E-state index in [0.29, 0.717) is 99.0 Å². The molecule has 0 aliphatic carbocycles. The summed E-state index contributed by atoms with van der Waals surface area (Å²) in [6.45, 7) is 6.06. The van der Waals surface area contributed by atoms with E-state index < -0.39 is 0 Å². The highest BCUT2D eigenvalue weighted by Crippen LogP contribution is 1.85. The lowest BCUT2D eigenvalue weighted by Crippen LogP contribution is -2.31. The first-order chi connectivity index (χ1) is 19.1. The second kappa shape index (κ2) is 30.6. The zero-order valence-corrected chi connectivity index (χ0v) is 23.3. The van der Waals surface area contributed by atoms with Crippen molar-refractivity contribution in [3.63, 3.8) is 0 Å². The fraction of sp³-hybridized carbons (Fsp3) is 0.875. The van der Waals surface area contributed by atoms with Crippen LogP contribution < -0.4 is 16.0 Å². The van der Waals surface area contributed by atoms with Crippen molar-refractivity contribution in [2.75, 3.05) is 140 Å². The van der Waals surface area contributed by atoms with Gasteiger partial charge >= 0.3 is 0 Å². The van der Waals surface area contributed by atoms with Crippen molar-refractivity contribution in [1.82, 2.24) is 16.0 Å². The van der Waals surface area contributed by atoms with Crippen molar-refractivity contribution in [2.24, 2.45) is 0 Å². The van der Waals surface area contributed by atoms with Crippen LogP contribution in [0.25, 0.3) is 0 Å². The van der Waals surface area contributed by atoms with E-state index in [1.54, 1.807) is 14.2 Å². The molecule has 0 rings (SSSR count). The summed E-state index contributed by atoms with van der Waals surface area (Å²) < 4.78 is 47.0. The summed E-state index contributed by atoms with van der Waals surface area (Å²) in [4.78, 5) is 34.1. The Morgan fingerprint density at radius 2 is 0.744 bits per heavy atom. The molecule has 15 heteroatoms. The summed E-state index contributed by atoms with van der Waals surface area (Å²) in [5, 5.41) is 7.83. The van der Waals surface area contributed by atoms with Gasteiger partial charge in [0.25, 0.3) is 0 Å². The Morgan fingerprint density at radius 3 is 1.10 bits per heavy atom. The SMILES string of the molecule is CNC(=O)COCCOCCOCCOCCNC(=O)COCCOCCOCCNC(=O)COCCOC. The zero-order chi connectivity index (χ0) is 28.7. The van der Waals surface area contributed by atoms with Crippen LogP contribution in [-0.4, -0.2) is 157 Å². The highest BCUT2D eigenvalue weighted by Gasteiger charge is 2.02. The number of ether oxygens (including phenoxy) is 9. The summed E-state index contributed by atoms with van der Waals surface area (Å²) >= 11 is 0. The first kappa shape index (κ1) is 37.0. The lowest BCUT2D eigenvalue weighted by atomic mass is 10.5. The van der Waals surface area contributed by atoms with Crippen LogP contribution in [0.15, 0.2) is 0 Å². The molecule has 3 amide bonds. The first-order valence-corrected chi connectivity index (χ1v) is 12.9. The fourth-order valence-electron chi connectivity index (χ4n) is 2.44. The normalized spacial score (nSPS) is 10.9. The Morgan fingerprint density at radius 1 is 0.436 bits per heavy atom. The Hall–Kier alpha value is -1.95. The van der Waals surface area contributed by atoms with E-state index in [9.17, 15) is 14.4 Å². The average Bonchev–Trinajstić information content (AvgIpc) is 2.94. The third-order valence-electron chi connectivity index (χ3n) is 4.41. The number of nitrogens with one attached hydrogen (secondary N) is 3. The molecule has 0 aromatic carbocycles. The van der Waals surface area contributed by atoms with Gasteiger partial charge in [-0.25, -0.2) is 0 Å². The molecule has 230 valence electrons. The van der Waals surface area contributed by atoms with Crippen molar-refractivity contribution in [3.05, 3.63) is 0 Å². The maximum atomic E-state index is 11.7. The number of methoxy groups -OCH3 is 1. The van der Waals surface area contributed by atoms with Gasteiger partial charge in [-0.15, -0.1) is 0 Å². The van der Waals surface area contributed by atoms with E-state index >= 15 is 0 Å². The van der Waals surface area contributed by atoms with Gasteiger partial charge in [-0.05, 0) is 0 Å². The van der Waals surface area contributed by atoms with Crippen molar-refractivity contribution in [2.45, 2.75) is 0 Å². The smallest absolute Gasteiger partial charge is 0.246 e. The van der Waals surface area contributed by atoms with E-state index in [1.165, 1.54) is 0 Å². The van der Waals surface area contributed by atoms with Gasteiger partial charge in [-0.1, -0.05) is 0 Å². The molecule has 3 N–H and O–H groups in total. The first-order valence-electron chi connectivity index (χ1n) is 12.9. The van der Waals surface area contributed by atoms with Gasteiger partial charge in [0.2, 0.25) is 17.7 Å². The van der Waals surface area contributed by atoms with E-state index in [2.05, 4.69) is 16.0 Å². The third-order valence-corrected chi connectivity index (χ3v) is 4.41. The number of carbonyl (C=O) groups excluding carboxylic acids is 3. The fourth-order valence-corrected chi connectivity index (χ4v) is 2.44. The van der Waals surface area contributed by atoms with Crippen molar-refractivity contribution >= 4 is 17.7 Å². The van der Waals surface area contributed by atoms with Crippen LogP contribution in [0.2, 0.25) is 0 Å². The molecule has 0 aliphatic rings. The van der Waals surface area contributed by atoms with Crippen LogP contribution in [0.3, 0.4) is 0 Å². The van der Waals surface area contributed by atoms with Crippen LogP contribution in [0.4, 0.5) is 0 Å². The van der Waals surface area contributed by atoms with Gasteiger partial charge in [-0.2, -0.15) is 0 Å². The summed E-state index contributed by atoms with van der Waals surface area (Å²) in [6.07, 6.45) is 0. The molecular formula is C24H47N3O12. The number of carbonyl (C=O) groups is 3. The van der Waals surface area contributed by atoms with Crippen LogP contribution in [0.5, 0.6) is 0 Å². The monoisotopic (exact) mass is 569 g/mol. The topological polar surface area (TPSA) is 170 Å². The standard InChI is InChI=1S/C24H47N3O12/c1-25-22(28)19-38-17-15-36-14-13-34-11-9-32-6-4-27-24(30)21-39-18-16-35-12-10-33-5-3-26-23(29)20-37-8-7-31-2/h3-21H2,1-2H3,(H,25,28)(H,26,29)(H,27,30). The molecule has 0 aromatic rings. The van der Waals surface area contributed by atoms with E-state index in [4.69, 9.17) is 42.6 Å². The van der Waals surface area contributed by atoms with Crippen molar-refractivity contribution in [1.29, 1.82) is 0 Å². The molecule has 0 bridgehead atoms. The van der Waals surface area contributed by atoms with Gasteiger partial charge in [-0.3, -0.25) is 14.4 Å². The van der Waals surface area contributed by atoms with Gasteiger partial charge in [0.05, 0.1) is 92.5 Å². The van der Waals surface area contributed by atoms with Crippen molar-refractivity contribution < 1.29 is 57.0 Å². The lowest BCUT2D eigenvalue weighted by molar-refractivity contribution is -0.127. The molecular weight excluding hydrogens is 522 g/mol. The van der Waals surface area contributed by atoms with Crippen LogP contribution in [0.1, 0.15) is 0 Å². The van der Waals surface area contributed by atoms with Gasteiger partial charge in [0, 0.05) is 27.2 Å². The largest absolute Gasteiger partial charge is 0.382 e. The lowest BCUT2D eigenvalue weighted by Gasteiger charge is -2.09. The van der Waals surface area contributed by atoms with E-state index in [1.807, 2.05) is 0 Å². The number of hydrogen-bond acceptors (Lipinski definition) is 12. The molecule has 39 heavy (non-hydrogen) atoms.